The van der Waals surface area contributed by atoms with Gasteiger partial charge in [-0.2, -0.15) is 0 Å². The second-order valence-electron chi connectivity index (χ2n) is 3.70. The van der Waals surface area contributed by atoms with Crippen molar-refractivity contribution in [3.8, 4) is 0 Å². The first kappa shape index (κ1) is 9.16. The lowest BCUT2D eigenvalue weighted by molar-refractivity contribution is 0.643. The maximum Gasteiger partial charge on any atom is 0.0946 e. The monoisotopic (exact) mass is 196 g/mol. The summed E-state index contributed by atoms with van der Waals surface area (Å²) < 4.78 is 0. The van der Waals surface area contributed by atoms with Crippen molar-refractivity contribution in [2.75, 3.05) is 0 Å². The van der Waals surface area contributed by atoms with Crippen LogP contribution in [0, 0.1) is 0 Å². The van der Waals surface area contributed by atoms with Crippen LogP contribution >= 0.6 is 11.3 Å². The van der Waals surface area contributed by atoms with Crippen LogP contribution in [-0.2, 0) is 19.3 Å². The van der Waals surface area contributed by atoms with Crippen LogP contribution in [-0.4, -0.2) is 11.0 Å². The molecule has 0 fully saturated rings. The molecule has 0 radical (unpaired) electrons. The third kappa shape index (κ3) is 1.92. The van der Waals surface area contributed by atoms with Crippen molar-refractivity contribution in [3.63, 3.8) is 0 Å². The number of aryl methyl sites for hydroxylation is 2. The van der Waals surface area contributed by atoms with Crippen molar-refractivity contribution in [2.45, 2.75) is 45.1 Å². The van der Waals surface area contributed by atoms with E-state index < -0.39 is 0 Å². The molecule has 0 amide bonds. The Morgan fingerprint density at radius 2 is 2.38 bits per heavy atom. The minimum atomic E-state index is 0.297. The first-order chi connectivity index (χ1) is 6.29. The summed E-state index contributed by atoms with van der Waals surface area (Å²) in [5.41, 5.74) is 7.24. The van der Waals surface area contributed by atoms with E-state index in [9.17, 15) is 0 Å². The third-order valence-electron chi connectivity index (χ3n) is 2.60. The summed E-state index contributed by atoms with van der Waals surface area (Å²) >= 11 is 1.87. The number of aromatic nitrogens is 1. The van der Waals surface area contributed by atoms with Crippen molar-refractivity contribution in [3.05, 3.63) is 15.6 Å². The molecule has 0 aliphatic heterocycles. The van der Waals surface area contributed by atoms with E-state index in [1.807, 2.05) is 11.3 Å². The number of nitrogens with two attached hydrogens (primary N) is 1. The minimum Gasteiger partial charge on any atom is -0.327 e. The molecular weight excluding hydrogens is 180 g/mol. The van der Waals surface area contributed by atoms with Crippen LogP contribution in [0.3, 0.4) is 0 Å². The molecule has 72 valence electrons. The van der Waals surface area contributed by atoms with E-state index in [1.54, 1.807) is 0 Å². The third-order valence-corrected chi connectivity index (χ3v) is 3.78. The molecule has 1 aliphatic rings. The quantitative estimate of drug-likeness (QED) is 0.802. The van der Waals surface area contributed by atoms with Crippen LogP contribution in [0.4, 0.5) is 0 Å². The summed E-state index contributed by atoms with van der Waals surface area (Å²) in [4.78, 5) is 6.13. The van der Waals surface area contributed by atoms with Gasteiger partial charge in [-0.15, -0.1) is 11.3 Å². The van der Waals surface area contributed by atoms with Gasteiger partial charge >= 0.3 is 0 Å². The number of thiazole rings is 1. The maximum atomic E-state index is 5.89. The highest BCUT2D eigenvalue weighted by atomic mass is 32.1. The second-order valence-corrected chi connectivity index (χ2v) is 4.87. The van der Waals surface area contributed by atoms with Crippen LogP contribution in [0.5, 0.6) is 0 Å². The molecule has 2 rings (SSSR count). The molecule has 2 N–H and O–H groups in total. The van der Waals surface area contributed by atoms with Gasteiger partial charge in [0.25, 0.3) is 0 Å². The fourth-order valence-corrected chi connectivity index (χ4v) is 2.95. The highest BCUT2D eigenvalue weighted by Crippen LogP contribution is 2.27. The molecule has 1 unspecified atom stereocenters. The van der Waals surface area contributed by atoms with Gasteiger partial charge in [0.15, 0.2) is 0 Å². The van der Waals surface area contributed by atoms with Gasteiger partial charge in [-0.25, -0.2) is 4.98 Å². The number of hydrogen-bond acceptors (Lipinski definition) is 3. The van der Waals surface area contributed by atoms with E-state index in [4.69, 9.17) is 5.73 Å². The molecule has 1 atom stereocenters. The Morgan fingerprint density at radius 3 is 3.08 bits per heavy atom. The maximum absolute atomic E-state index is 5.89. The summed E-state index contributed by atoms with van der Waals surface area (Å²) in [6, 6.07) is 0.297. The average Bonchev–Trinajstić information content (AvgIpc) is 2.63. The zero-order chi connectivity index (χ0) is 9.26. The van der Waals surface area contributed by atoms with Gasteiger partial charge in [0.1, 0.15) is 0 Å². The lowest BCUT2D eigenvalue weighted by Gasteiger charge is -2.04. The van der Waals surface area contributed by atoms with Crippen LogP contribution in [0.15, 0.2) is 0 Å². The van der Waals surface area contributed by atoms with Gasteiger partial charge in [0.2, 0.25) is 0 Å². The van der Waals surface area contributed by atoms with Gasteiger partial charge in [-0.05, 0) is 25.7 Å². The zero-order valence-electron chi connectivity index (χ0n) is 8.05. The van der Waals surface area contributed by atoms with E-state index >= 15 is 0 Å². The highest BCUT2D eigenvalue weighted by molar-refractivity contribution is 7.11. The summed E-state index contributed by atoms with van der Waals surface area (Å²) in [7, 11) is 0. The smallest absolute Gasteiger partial charge is 0.0946 e. The Morgan fingerprint density at radius 1 is 1.54 bits per heavy atom. The molecule has 2 nitrogen and oxygen atoms in total. The first-order valence-corrected chi connectivity index (χ1v) is 5.84. The lowest BCUT2D eigenvalue weighted by Crippen LogP contribution is -2.21. The predicted molar refractivity (Wildman–Crippen MR) is 56.1 cm³/mol. The van der Waals surface area contributed by atoms with Crippen molar-refractivity contribution in [1.29, 1.82) is 0 Å². The van der Waals surface area contributed by atoms with Crippen molar-refractivity contribution >= 4 is 11.3 Å². The van der Waals surface area contributed by atoms with E-state index in [2.05, 4.69) is 11.9 Å². The van der Waals surface area contributed by atoms with Crippen molar-refractivity contribution < 1.29 is 0 Å². The van der Waals surface area contributed by atoms with Crippen LogP contribution in [0.2, 0.25) is 0 Å². The van der Waals surface area contributed by atoms with Gasteiger partial charge in [0, 0.05) is 17.3 Å². The van der Waals surface area contributed by atoms with Gasteiger partial charge in [-0.3, -0.25) is 0 Å². The van der Waals surface area contributed by atoms with Crippen LogP contribution < -0.4 is 5.73 Å². The van der Waals surface area contributed by atoms with E-state index in [0.29, 0.717) is 6.04 Å². The highest BCUT2D eigenvalue weighted by Gasteiger charge is 2.17. The van der Waals surface area contributed by atoms with E-state index in [0.717, 1.165) is 12.8 Å². The van der Waals surface area contributed by atoms with Crippen LogP contribution in [0.1, 0.15) is 35.3 Å². The van der Waals surface area contributed by atoms with E-state index in [1.165, 1.54) is 34.8 Å². The van der Waals surface area contributed by atoms with Gasteiger partial charge in [0.05, 0.1) is 10.7 Å². The largest absolute Gasteiger partial charge is 0.327 e. The molecule has 13 heavy (non-hydrogen) atoms. The molecule has 1 heterocycles. The van der Waals surface area contributed by atoms with Crippen molar-refractivity contribution in [2.24, 2.45) is 5.73 Å². The first-order valence-electron chi connectivity index (χ1n) is 5.02. The molecule has 0 aromatic carbocycles. The Balaban J connectivity index is 2.06. The summed E-state index contributed by atoms with van der Waals surface area (Å²) in [6.07, 6.45) is 5.74. The molecule has 0 saturated heterocycles. The Labute approximate surface area is 83.2 Å². The fourth-order valence-electron chi connectivity index (χ4n) is 1.70. The Bertz CT molecular complexity index is 272. The SMILES string of the molecule is CCC(N)Cc1nc2c(s1)CCC2. The molecule has 0 spiro atoms. The molecule has 1 aromatic rings. The van der Waals surface area contributed by atoms with Crippen molar-refractivity contribution in [1.82, 2.24) is 4.98 Å². The standard InChI is InChI=1S/C10H16N2S/c1-2-7(11)6-10-12-8-4-3-5-9(8)13-10/h7H,2-6,11H2,1H3. The summed E-state index contributed by atoms with van der Waals surface area (Å²) in [5, 5.41) is 1.25. The molecule has 0 saturated carbocycles. The van der Waals surface area contributed by atoms with Gasteiger partial charge < -0.3 is 5.73 Å². The number of fused-ring (bicyclic) bond motifs is 1. The molecular formula is C10H16N2S. The predicted octanol–water partition coefficient (Wildman–Crippen LogP) is 1.91. The molecule has 3 heteroatoms. The Kier molecular flexibility index (Phi) is 2.65. The van der Waals surface area contributed by atoms with Crippen LogP contribution in [0.25, 0.3) is 0 Å². The minimum absolute atomic E-state index is 0.297. The van der Waals surface area contributed by atoms with Gasteiger partial charge in [-0.1, -0.05) is 6.92 Å². The number of nitrogens with zero attached hydrogens (tertiary/aromatic N) is 1. The second kappa shape index (κ2) is 3.76. The fraction of sp³-hybridized carbons (Fsp3) is 0.700. The summed E-state index contributed by atoms with van der Waals surface area (Å²) in [5.74, 6) is 0. The molecule has 1 aromatic heterocycles. The normalized spacial score (nSPS) is 17.4. The Hall–Kier alpha value is -0.410. The lowest BCUT2D eigenvalue weighted by atomic mass is 10.2. The average molecular weight is 196 g/mol. The van der Waals surface area contributed by atoms with E-state index in [-0.39, 0.29) is 0 Å². The summed E-state index contributed by atoms with van der Waals surface area (Å²) in [6.45, 7) is 2.13. The zero-order valence-corrected chi connectivity index (χ0v) is 8.86. The molecule has 0 bridgehead atoms. The number of hydrogen-bond donors (Lipinski definition) is 1. The topological polar surface area (TPSA) is 38.9 Å². The molecule has 1 aliphatic carbocycles. The number of rotatable bonds is 3.